The first-order valence-electron chi connectivity index (χ1n) is 6.87. The number of ether oxygens (including phenoxy) is 1. The van der Waals surface area contributed by atoms with Gasteiger partial charge in [-0.1, -0.05) is 11.6 Å². The van der Waals surface area contributed by atoms with Crippen LogP contribution in [0.15, 0.2) is 49.3 Å². The number of nitrogens with zero attached hydrogens (tertiary/aromatic N) is 4. The molecule has 2 heterocycles. The molecule has 0 saturated heterocycles. The van der Waals surface area contributed by atoms with Crippen molar-refractivity contribution in [2.75, 3.05) is 17.7 Å². The summed E-state index contributed by atoms with van der Waals surface area (Å²) in [5.74, 6) is 1.42. The quantitative estimate of drug-likeness (QED) is 0.758. The van der Waals surface area contributed by atoms with Gasteiger partial charge in [-0.25, -0.2) is 19.7 Å². The molecule has 2 amide bonds. The lowest BCUT2D eigenvalue weighted by molar-refractivity contribution is 0.262. The number of aromatic nitrogens is 4. The van der Waals surface area contributed by atoms with Gasteiger partial charge in [-0.15, -0.1) is 0 Å². The maximum absolute atomic E-state index is 12.2. The van der Waals surface area contributed by atoms with Gasteiger partial charge in [0.25, 0.3) is 0 Å². The lowest BCUT2D eigenvalue weighted by Gasteiger charge is -2.11. The molecule has 0 fully saturated rings. The van der Waals surface area contributed by atoms with Crippen molar-refractivity contribution in [1.29, 1.82) is 0 Å². The molecule has 0 atom stereocenters. The molecular weight excluding hydrogens is 332 g/mol. The molecule has 0 spiro atoms. The Hall–Kier alpha value is -3.13. The molecule has 24 heavy (non-hydrogen) atoms. The largest absolute Gasteiger partial charge is 0.495 e. The maximum Gasteiger partial charge on any atom is 0.324 e. The molecule has 3 rings (SSSR count). The molecule has 3 aromatic rings. The zero-order chi connectivity index (χ0) is 16.9. The number of imidazole rings is 1. The molecule has 122 valence electrons. The molecular formula is C15H13ClN6O2. The van der Waals surface area contributed by atoms with E-state index in [0.29, 0.717) is 28.1 Å². The number of carbonyl (C=O) groups excluding carboxylic acids is 1. The number of amides is 2. The van der Waals surface area contributed by atoms with Crippen molar-refractivity contribution in [1.82, 2.24) is 19.5 Å². The fourth-order valence-electron chi connectivity index (χ4n) is 2.00. The van der Waals surface area contributed by atoms with E-state index in [-0.39, 0.29) is 0 Å². The molecule has 0 aliphatic rings. The van der Waals surface area contributed by atoms with E-state index >= 15 is 0 Å². The second-order valence-corrected chi connectivity index (χ2v) is 5.09. The zero-order valence-electron chi connectivity index (χ0n) is 12.6. The molecule has 0 bridgehead atoms. The molecule has 0 aliphatic heterocycles. The lowest BCUT2D eigenvalue weighted by atomic mass is 10.3. The Morgan fingerprint density at radius 2 is 2.12 bits per heavy atom. The first-order chi connectivity index (χ1) is 11.7. The summed E-state index contributed by atoms with van der Waals surface area (Å²) in [6, 6.07) is 6.07. The fraction of sp³-hybridized carbons (Fsp3) is 0.0667. The standard InChI is InChI=1S/C15H13ClN6O2/c1-24-12-3-2-10(16)6-11(12)20-15(23)21-13-7-14(19-8-18-13)22-5-4-17-9-22/h2-9H,1H3,(H2,18,19,20,21,23). The minimum Gasteiger partial charge on any atom is -0.495 e. The third kappa shape index (κ3) is 3.61. The highest BCUT2D eigenvalue weighted by Crippen LogP contribution is 2.27. The number of nitrogens with one attached hydrogen (secondary N) is 2. The number of urea groups is 1. The van der Waals surface area contributed by atoms with Crippen LogP contribution in [-0.4, -0.2) is 32.7 Å². The highest BCUT2D eigenvalue weighted by molar-refractivity contribution is 6.31. The molecule has 0 radical (unpaired) electrons. The van der Waals surface area contributed by atoms with Crippen molar-refractivity contribution >= 4 is 29.1 Å². The topological polar surface area (TPSA) is 94.0 Å². The van der Waals surface area contributed by atoms with E-state index in [1.54, 1.807) is 47.6 Å². The average molecular weight is 345 g/mol. The van der Waals surface area contributed by atoms with E-state index in [0.717, 1.165) is 0 Å². The van der Waals surface area contributed by atoms with Crippen LogP contribution in [0.1, 0.15) is 0 Å². The Kier molecular flexibility index (Phi) is 4.57. The van der Waals surface area contributed by atoms with E-state index in [1.807, 2.05) is 0 Å². The van der Waals surface area contributed by atoms with Gasteiger partial charge >= 0.3 is 6.03 Å². The molecule has 0 saturated carbocycles. The van der Waals surface area contributed by atoms with Crippen molar-refractivity contribution < 1.29 is 9.53 Å². The van der Waals surface area contributed by atoms with Gasteiger partial charge in [0.2, 0.25) is 0 Å². The smallest absolute Gasteiger partial charge is 0.324 e. The van der Waals surface area contributed by atoms with Crippen LogP contribution in [0, 0.1) is 0 Å². The number of anilines is 2. The van der Waals surface area contributed by atoms with Gasteiger partial charge in [-0.2, -0.15) is 0 Å². The average Bonchev–Trinajstić information content (AvgIpc) is 3.10. The molecule has 2 N–H and O–H groups in total. The SMILES string of the molecule is COc1ccc(Cl)cc1NC(=O)Nc1cc(-n2ccnc2)ncn1. The summed E-state index contributed by atoms with van der Waals surface area (Å²) in [6.45, 7) is 0. The predicted octanol–water partition coefficient (Wildman–Crippen LogP) is 2.97. The summed E-state index contributed by atoms with van der Waals surface area (Å²) in [7, 11) is 1.51. The molecule has 9 heteroatoms. The molecule has 0 aliphatic carbocycles. The van der Waals surface area contributed by atoms with Gasteiger partial charge in [0, 0.05) is 23.5 Å². The van der Waals surface area contributed by atoms with E-state index in [9.17, 15) is 4.79 Å². The van der Waals surface area contributed by atoms with Crippen molar-refractivity contribution in [2.45, 2.75) is 0 Å². The van der Waals surface area contributed by atoms with E-state index in [2.05, 4.69) is 25.6 Å². The summed E-state index contributed by atoms with van der Waals surface area (Å²) in [4.78, 5) is 24.2. The highest BCUT2D eigenvalue weighted by atomic mass is 35.5. The second kappa shape index (κ2) is 6.97. The summed E-state index contributed by atoms with van der Waals surface area (Å²) in [6.07, 6.45) is 6.32. The predicted molar refractivity (Wildman–Crippen MR) is 89.8 cm³/mol. The zero-order valence-corrected chi connectivity index (χ0v) is 13.4. The van der Waals surface area contributed by atoms with Gasteiger partial charge in [0.15, 0.2) is 0 Å². The van der Waals surface area contributed by atoms with Crippen LogP contribution >= 0.6 is 11.6 Å². The van der Waals surface area contributed by atoms with E-state index in [4.69, 9.17) is 16.3 Å². The number of rotatable bonds is 4. The first kappa shape index (κ1) is 15.8. The van der Waals surface area contributed by atoms with Crippen molar-refractivity contribution in [3.8, 4) is 11.6 Å². The minimum atomic E-state index is -0.481. The maximum atomic E-state index is 12.2. The van der Waals surface area contributed by atoms with Crippen LogP contribution in [0.4, 0.5) is 16.3 Å². The number of hydrogen-bond acceptors (Lipinski definition) is 5. The second-order valence-electron chi connectivity index (χ2n) is 4.66. The van der Waals surface area contributed by atoms with Crippen LogP contribution in [0.25, 0.3) is 5.82 Å². The van der Waals surface area contributed by atoms with Crippen LogP contribution in [0.2, 0.25) is 5.02 Å². The molecule has 8 nitrogen and oxygen atoms in total. The number of hydrogen-bond donors (Lipinski definition) is 2. The molecule has 0 unspecified atom stereocenters. The number of methoxy groups -OCH3 is 1. The summed E-state index contributed by atoms with van der Waals surface area (Å²) in [5, 5.41) is 5.78. The van der Waals surface area contributed by atoms with E-state index < -0.39 is 6.03 Å². The Bertz CT molecular complexity index is 853. The van der Waals surface area contributed by atoms with Gasteiger partial charge in [0.1, 0.15) is 30.0 Å². The Balaban J connectivity index is 1.74. The van der Waals surface area contributed by atoms with Crippen LogP contribution in [-0.2, 0) is 0 Å². The lowest BCUT2D eigenvalue weighted by Crippen LogP contribution is -2.20. The van der Waals surface area contributed by atoms with E-state index in [1.165, 1.54) is 13.4 Å². The van der Waals surface area contributed by atoms with Crippen LogP contribution in [0.5, 0.6) is 5.75 Å². The molecule has 2 aromatic heterocycles. The highest BCUT2D eigenvalue weighted by Gasteiger charge is 2.10. The van der Waals surface area contributed by atoms with Crippen LogP contribution < -0.4 is 15.4 Å². The first-order valence-corrected chi connectivity index (χ1v) is 7.25. The third-order valence-corrected chi connectivity index (χ3v) is 3.31. The molecule has 1 aromatic carbocycles. The number of carbonyl (C=O) groups is 1. The number of halogens is 1. The fourth-order valence-corrected chi connectivity index (χ4v) is 2.17. The van der Waals surface area contributed by atoms with Crippen molar-refractivity contribution in [2.24, 2.45) is 0 Å². The Morgan fingerprint density at radius 1 is 1.25 bits per heavy atom. The Labute approximate surface area is 142 Å². The van der Waals surface area contributed by atoms with Gasteiger partial charge in [-0.05, 0) is 18.2 Å². The van der Waals surface area contributed by atoms with Crippen molar-refractivity contribution in [3.63, 3.8) is 0 Å². The minimum absolute atomic E-state index is 0.340. The normalized spacial score (nSPS) is 10.2. The Morgan fingerprint density at radius 3 is 2.88 bits per heavy atom. The van der Waals surface area contributed by atoms with Crippen LogP contribution in [0.3, 0.4) is 0 Å². The number of benzene rings is 1. The van der Waals surface area contributed by atoms with Gasteiger partial charge < -0.3 is 10.1 Å². The van der Waals surface area contributed by atoms with Gasteiger partial charge in [-0.3, -0.25) is 9.88 Å². The summed E-state index contributed by atoms with van der Waals surface area (Å²) in [5.41, 5.74) is 0.450. The monoisotopic (exact) mass is 344 g/mol. The summed E-state index contributed by atoms with van der Waals surface area (Å²) >= 11 is 5.94. The summed E-state index contributed by atoms with van der Waals surface area (Å²) < 4.78 is 6.88. The van der Waals surface area contributed by atoms with Gasteiger partial charge in [0.05, 0.1) is 12.8 Å². The van der Waals surface area contributed by atoms with Crippen molar-refractivity contribution in [3.05, 3.63) is 54.3 Å². The third-order valence-electron chi connectivity index (χ3n) is 3.07.